The van der Waals surface area contributed by atoms with Crippen molar-refractivity contribution in [1.82, 2.24) is 10.2 Å². The summed E-state index contributed by atoms with van der Waals surface area (Å²) >= 11 is 0. The Morgan fingerprint density at radius 1 is 1.47 bits per heavy atom. The van der Waals surface area contributed by atoms with Crippen molar-refractivity contribution in [1.29, 1.82) is 0 Å². The Kier molecular flexibility index (Phi) is 4.57. The minimum Gasteiger partial charge on any atom is -0.358 e. The molecule has 0 radical (unpaired) electrons. The Labute approximate surface area is 99.4 Å². The number of nitrogens with zero attached hydrogens (tertiary/aromatic N) is 1. The van der Waals surface area contributed by atoms with E-state index >= 15 is 0 Å². The van der Waals surface area contributed by atoms with Crippen LogP contribution in [0.15, 0.2) is 18.2 Å². The summed E-state index contributed by atoms with van der Waals surface area (Å²) < 4.78 is 26.5. The van der Waals surface area contributed by atoms with Crippen molar-refractivity contribution in [2.45, 2.75) is 13.0 Å². The van der Waals surface area contributed by atoms with E-state index in [-0.39, 0.29) is 24.1 Å². The van der Waals surface area contributed by atoms with Crippen LogP contribution in [0.1, 0.15) is 18.5 Å². The number of carbonyl (C=O) groups excluding carboxylic acids is 1. The van der Waals surface area contributed by atoms with E-state index in [1.54, 1.807) is 18.9 Å². The quantitative estimate of drug-likeness (QED) is 0.871. The molecular weight excluding hydrogens is 226 g/mol. The topological polar surface area (TPSA) is 32.3 Å². The minimum atomic E-state index is -0.485. The highest BCUT2D eigenvalue weighted by Gasteiger charge is 2.18. The first-order valence-corrected chi connectivity index (χ1v) is 5.31. The SMILES string of the molecule is CNC(=O)CN(C)[C@@H](C)c1cc(F)ccc1F. The second-order valence-electron chi connectivity index (χ2n) is 3.93. The van der Waals surface area contributed by atoms with Crippen molar-refractivity contribution in [2.75, 3.05) is 20.6 Å². The zero-order chi connectivity index (χ0) is 13.0. The van der Waals surface area contributed by atoms with Crippen LogP contribution in [0.4, 0.5) is 8.78 Å². The first kappa shape index (κ1) is 13.6. The number of nitrogens with one attached hydrogen (secondary N) is 1. The van der Waals surface area contributed by atoms with Crippen molar-refractivity contribution in [2.24, 2.45) is 0 Å². The molecule has 0 aliphatic carbocycles. The summed E-state index contributed by atoms with van der Waals surface area (Å²) in [6.07, 6.45) is 0. The Morgan fingerprint density at radius 2 is 2.12 bits per heavy atom. The Balaban J connectivity index is 2.84. The predicted molar refractivity (Wildman–Crippen MR) is 61.5 cm³/mol. The van der Waals surface area contributed by atoms with Gasteiger partial charge in [0.05, 0.1) is 6.54 Å². The fourth-order valence-corrected chi connectivity index (χ4v) is 1.51. The summed E-state index contributed by atoms with van der Waals surface area (Å²) in [5, 5.41) is 2.48. The zero-order valence-corrected chi connectivity index (χ0v) is 10.1. The first-order chi connectivity index (χ1) is 7.95. The molecule has 17 heavy (non-hydrogen) atoms. The normalized spacial score (nSPS) is 12.6. The van der Waals surface area contributed by atoms with Gasteiger partial charge in [-0.3, -0.25) is 9.69 Å². The van der Waals surface area contributed by atoms with Crippen LogP contribution in [0.5, 0.6) is 0 Å². The fourth-order valence-electron chi connectivity index (χ4n) is 1.51. The number of hydrogen-bond acceptors (Lipinski definition) is 2. The fraction of sp³-hybridized carbons (Fsp3) is 0.417. The van der Waals surface area contributed by atoms with Crippen LogP contribution in [0.3, 0.4) is 0 Å². The third-order valence-corrected chi connectivity index (χ3v) is 2.74. The van der Waals surface area contributed by atoms with E-state index in [2.05, 4.69) is 5.32 Å². The number of halogens is 2. The van der Waals surface area contributed by atoms with E-state index in [0.29, 0.717) is 0 Å². The Morgan fingerprint density at radius 3 is 2.71 bits per heavy atom. The van der Waals surface area contributed by atoms with Gasteiger partial charge in [0.25, 0.3) is 0 Å². The van der Waals surface area contributed by atoms with Crippen LogP contribution < -0.4 is 5.32 Å². The molecule has 0 aliphatic heterocycles. The van der Waals surface area contributed by atoms with Crippen molar-refractivity contribution in [3.8, 4) is 0 Å². The lowest BCUT2D eigenvalue weighted by Gasteiger charge is -2.24. The molecule has 3 nitrogen and oxygen atoms in total. The van der Waals surface area contributed by atoms with Crippen molar-refractivity contribution < 1.29 is 13.6 Å². The molecule has 94 valence electrons. The monoisotopic (exact) mass is 242 g/mol. The maximum absolute atomic E-state index is 13.5. The van der Waals surface area contributed by atoms with Gasteiger partial charge in [-0.05, 0) is 32.2 Å². The number of benzene rings is 1. The molecule has 1 aromatic carbocycles. The highest BCUT2D eigenvalue weighted by Crippen LogP contribution is 2.22. The van der Waals surface area contributed by atoms with Crippen molar-refractivity contribution in [3.63, 3.8) is 0 Å². The molecule has 0 spiro atoms. The average Bonchev–Trinajstić information content (AvgIpc) is 2.31. The summed E-state index contributed by atoms with van der Waals surface area (Å²) in [4.78, 5) is 12.8. The summed E-state index contributed by atoms with van der Waals surface area (Å²) in [6.45, 7) is 1.86. The Hall–Kier alpha value is -1.49. The van der Waals surface area contributed by atoms with Crippen LogP contribution in [0.2, 0.25) is 0 Å². The molecule has 1 rings (SSSR count). The maximum atomic E-state index is 13.5. The molecule has 0 saturated heterocycles. The predicted octanol–water partition coefficient (Wildman–Crippen LogP) is 1.70. The summed E-state index contributed by atoms with van der Waals surface area (Å²) in [5.41, 5.74) is 0.247. The molecule has 0 unspecified atom stereocenters. The first-order valence-electron chi connectivity index (χ1n) is 5.31. The van der Waals surface area contributed by atoms with Crippen LogP contribution >= 0.6 is 0 Å². The van der Waals surface area contributed by atoms with Crippen LogP contribution in [-0.2, 0) is 4.79 Å². The maximum Gasteiger partial charge on any atom is 0.233 e. The third kappa shape index (κ3) is 3.49. The van der Waals surface area contributed by atoms with Gasteiger partial charge in [0.1, 0.15) is 11.6 Å². The number of likely N-dealkylation sites (N-methyl/N-ethyl adjacent to an activating group) is 2. The molecule has 1 amide bonds. The van der Waals surface area contributed by atoms with Gasteiger partial charge in [-0.25, -0.2) is 8.78 Å². The molecule has 0 aromatic heterocycles. The van der Waals surface area contributed by atoms with E-state index in [4.69, 9.17) is 0 Å². The van der Waals surface area contributed by atoms with Gasteiger partial charge >= 0.3 is 0 Å². The van der Waals surface area contributed by atoms with E-state index < -0.39 is 11.6 Å². The highest BCUT2D eigenvalue weighted by molar-refractivity contribution is 5.77. The molecule has 0 bridgehead atoms. The van der Waals surface area contributed by atoms with E-state index in [9.17, 15) is 13.6 Å². The van der Waals surface area contributed by atoms with E-state index in [0.717, 1.165) is 18.2 Å². The number of hydrogen-bond donors (Lipinski definition) is 1. The van der Waals surface area contributed by atoms with Crippen LogP contribution in [0.25, 0.3) is 0 Å². The molecular formula is C12H16F2N2O. The molecule has 1 atom stereocenters. The largest absolute Gasteiger partial charge is 0.358 e. The molecule has 0 heterocycles. The van der Waals surface area contributed by atoms with Crippen molar-refractivity contribution >= 4 is 5.91 Å². The summed E-state index contributed by atoms with van der Waals surface area (Å²) in [6, 6.07) is 2.95. The van der Waals surface area contributed by atoms with E-state index in [1.807, 2.05) is 0 Å². The second kappa shape index (κ2) is 5.72. The van der Waals surface area contributed by atoms with Crippen LogP contribution in [-0.4, -0.2) is 31.4 Å². The second-order valence-corrected chi connectivity index (χ2v) is 3.93. The van der Waals surface area contributed by atoms with Gasteiger partial charge in [0.2, 0.25) is 5.91 Å². The Bertz CT molecular complexity index is 409. The lowest BCUT2D eigenvalue weighted by Crippen LogP contribution is -2.34. The average molecular weight is 242 g/mol. The summed E-state index contributed by atoms with van der Waals surface area (Å²) in [7, 11) is 3.22. The van der Waals surface area contributed by atoms with Crippen LogP contribution in [0, 0.1) is 11.6 Å². The molecule has 1 aromatic rings. The van der Waals surface area contributed by atoms with Crippen molar-refractivity contribution in [3.05, 3.63) is 35.4 Å². The lowest BCUT2D eigenvalue weighted by atomic mass is 10.1. The molecule has 0 fully saturated rings. The van der Waals surface area contributed by atoms with Gasteiger partial charge < -0.3 is 5.32 Å². The molecule has 0 saturated carbocycles. The number of carbonyl (C=O) groups is 1. The zero-order valence-electron chi connectivity index (χ0n) is 10.1. The standard InChI is InChI=1S/C12H16F2N2O/c1-8(16(3)7-12(17)15-2)10-6-9(13)4-5-11(10)14/h4-6,8H,7H2,1-3H3,(H,15,17)/t8-/m0/s1. The smallest absolute Gasteiger partial charge is 0.233 e. The highest BCUT2D eigenvalue weighted by atomic mass is 19.1. The lowest BCUT2D eigenvalue weighted by molar-refractivity contribution is -0.121. The molecule has 0 aliphatic rings. The molecule has 5 heteroatoms. The third-order valence-electron chi connectivity index (χ3n) is 2.74. The van der Waals surface area contributed by atoms with Gasteiger partial charge in [-0.1, -0.05) is 0 Å². The van der Waals surface area contributed by atoms with Gasteiger partial charge in [-0.15, -0.1) is 0 Å². The minimum absolute atomic E-state index is 0.133. The number of rotatable bonds is 4. The number of amides is 1. The van der Waals surface area contributed by atoms with Gasteiger partial charge in [-0.2, -0.15) is 0 Å². The molecule has 1 N–H and O–H groups in total. The van der Waals surface area contributed by atoms with E-state index in [1.165, 1.54) is 7.05 Å². The van der Waals surface area contributed by atoms with Gasteiger partial charge in [0, 0.05) is 18.7 Å². The summed E-state index contributed by atoms with van der Waals surface area (Å²) in [5.74, 6) is -1.12. The van der Waals surface area contributed by atoms with Gasteiger partial charge in [0.15, 0.2) is 0 Å².